The topological polar surface area (TPSA) is 90.0 Å². The van der Waals surface area contributed by atoms with Crippen LogP contribution in [0, 0.1) is 0 Å². The van der Waals surface area contributed by atoms with E-state index in [1.165, 1.54) is 12.4 Å². The minimum atomic E-state index is -0.426. The molecule has 2 aromatic heterocycles. The van der Waals surface area contributed by atoms with Crippen LogP contribution >= 0.6 is 0 Å². The third kappa shape index (κ3) is 3.77. The SMILES string of the molecule is O=C(NCc1ccc(Cn2cncn2)cc1)c1cc(=O)c2ccccc2o1. The summed E-state index contributed by atoms with van der Waals surface area (Å²) in [5.74, 6) is -0.425. The van der Waals surface area contributed by atoms with Gasteiger partial charge in [0.2, 0.25) is 0 Å². The van der Waals surface area contributed by atoms with Crippen molar-refractivity contribution in [1.82, 2.24) is 20.1 Å². The first-order chi connectivity index (χ1) is 13.2. The molecule has 27 heavy (non-hydrogen) atoms. The number of carbonyl (C=O) groups excluding carboxylic acids is 1. The normalized spacial score (nSPS) is 10.8. The molecule has 0 radical (unpaired) electrons. The maximum absolute atomic E-state index is 12.3. The molecule has 0 saturated carbocycles. The van der Waals surface area contributed by atoms with Crippen LogP contribution in [-0.4, -0.2) is 20.7 Å². The summed E-state index contributed by atoms with van der Waals surface area (Å²) >= 11 is 0. The minimum Gasteiger partial charge on any atom is -0.451 e. The van der Waals surface area contributed by atoms with Gasteiger partial charge in [-0.3, -0.25) is 9.59 Å². The molecule has 0 fully saturated rings. The number of rotatable bonds is 5. The van der Waals surface area contributed by atoms with E-state index in [-0.39, 0.29) is 11.2 Å². The van der Waals surface area contributed by atoms with Crippen LogP contribution < -0.4 is 10.7 Å². The van der Waals surface area contributed by atoms with Crippen LogP contribution in [0.1, 0.15) is 21.7 Å². The predicted octanol–water partition coefficient (Wildman–Crippen LogP) is 2.36. The van der Waals surface area contributed by atoms with Crippen LogP contribution in [0.4, 0.5) is 0 Å². The molecule has 134 valence electrons. The third-order valence-electron chi connectivity index (χ3n) is 4.15. The molecule has 0 saturated heterocycles. The van der Waals surface area contributed by atoms with Crippen molar-refractivity contribution in [3.05, 3.63) is 94.4 Å². The summed E-state index contributed by atoms with van der Waals surface area (Å²) in [6, 6.07) is 15.9. The van der Waals surface area contributed by atoms with Crippen LogP contribution in [-0.2, 0) is 13.1 Å². The number of fused-ring (bicyclic) bond motifs is 1. The largest absolute Gasteiger partial charge is 0.451 e. The summed E-state index contributed by atoms with van der Waals surface area (Å²) < 4.78 is 7.28. The second-order valence-electron chi connectivity index (χ2n) is 6.06. The molecule has 2 heterocycles. The lowest BCUT2D eigenvalue weighted by atomic mass is 10.1. The first-order valence-corrected chi connectivity index (χ1v) is 8.40. The van der Waals surface area contributed by atoms with E-state index in [1.54, 1.807) is 35.3 Å². The molecular formula is C20H16N4O3. The fourth-order valence-electron chi connectivity index (χ4n) is 2.75. The van der Waals surface area contributed by atoms with Crippen LogP contribution in [0.2, 0.25) is 0 Å². The number of aromatic nitrogens is 3. The Morgan fingerprint density at radius 2 is 1.85 bits per heavy atom. The molecule has 1 amide bonds. The molecule has 0 atom stereocenters. The van der Waals surface area contributed by atoms with E-state index >= 15 is 0 Å². The first kappa shape index (κ1) is 16.7. The smallest absolute Gasteiger partial charge is 0.287 e. The van der Waals surface area contributed by atoms with Crippen LogP contribution in [0.5, 0.6) is 0 Å². The maximum Gasteiger partial charge on any atom is 0.287 e. The lowest BCUT2D eigenvalue weighted by Gasteiger charge is -2.07. The van der Waals surface area contributed by atoms with E-state index in [2.05, 4.69) is 15.4 Å². The lowest BCUT2D eigenvalue weighted by molar-refractivity contribution is 0.0923. The molecule has 4 rings (SSSR count). The van der Waals surface area contributed by atoms with E-state index in [9.17, 15) is 9.59 Å². The Labute approximate surface area is 154 Å². The molecule has 4 aromatic rings. The Balaban J connectivity index is 1.42. The highest BCUT2D eigenvalue weighted by Gasteiger charge is 2.11. The van der Waals surface area contributed by atoms with Gasteiger partial charge in [-0.05, 0) is 23.3 Å². The maximum atomic E-state index is 12.3. The van der Waals surface area contributed by atoms with Crippen LogP contribution in [0.15, 0.2) is 76.5 Å². The molecule has 2 aromatic carbocycles. The third-order valence-corrected chi connectivity index (χ3v) is 4.15. The summed E-state index contributed by atoms with van der Waals surface area (Å²) in [6.45, 7) is 0.966. The van der Waals surface area contributed by atoms with E-state index in [0.717, 1.165) is 11.1 Å². The minimum absolute atomic E-state index is 0.00139. The zero-order chi connectivity index (χ0) is 18.6. The average Bonchev–Trinajstić information content (AvgIpc) is 3.20. The predicted molar refractivity (Wildman–Crippen MR) is 99.2 cm³/mol. The van der Waals surface area contributed by atoms with E-state index < -0.39 is 5.91 Å². The van der Waals surface area contributed by atoms with Crippen molar-refractivity contribution in [2.24, 2.45) is 0 Å². The monoisotopic (exact) mass is 360 g/mol. The van der Waals surface area contributed by atoms with Gasteiger partial charge in [-0.25, -0.2) is 9.67 Å². The second-order valence-corrected chi connectivity index (χ2v) is 6.06. The number of benzene rings is 2. The number of carbonyl (C=O) groups is 1. The van der Waals surface area contributed by atoms with E-state index in [1.807, 2.05) is 24.3 Å². The van der Waals surface area contributed by atoms with Gasteiger partial charge in [0.05, 0.1) is 11.9 Å². The number of amides is 1. The Bertz CT molecular complexity index is 1130. The summed E-state index contributed by atoms with van der Waals surface area (Å²) in [6.07, 6.45) is 3.15. The highest BCUT2D eigenvalue weighted by Crippen LogP contribution is 2.12. The molecule has 0 bridgehead atoms. The first-order valence-electron chi connectivity index (χ1n) is 8.40. The van der Waals surface area contributed by atoms with Gasteiger partial charge >= 0.3 is 0 Å². The van der Waals surface area contributed by atoms with Crippen molar-refractivity contribution in [2.45, 2.75) is 13.1 Å². The quantitative estimate of drug-likeness (QED) is 0.590. The number of para-hydroxylation sites is 1. The van der Waals surface area contributed by atoms with Gasteiger partial charge < -0.3 is 9.73 Å². The molecule has 0 aliphatic rings. The molecule has 0 unspecified atom stereocenters. The van der Waals surface area contributed by atoms with Gasteiger partial charge in [0.1, 0.15) is 18.2 Å². The molecule has 7 nitrogen and oxygen atoms in total. The molecule has 0 aliphatic heterocycles. The molecule has 0 spiro atoms. The number of nitrogens with zero attached hydrogens (tertiary/aromatic N) is 3. The van der Waals surface area contributed by atoms with Crippen molar-refractivity contribution in [3.8, 4) is 0 Å². The van der Waals surface area contributed by atoms with Gasteiger partial charge in [0.15, 0.2) is 11.2 Å². The van der Waals surface area contributed by atoms with E-state index in [4.69, 9.17) is 4.42 Å². The molecular weight excluding hydrogens is 344 g/mol. The van der Waals surface area contributed by atoms with Crippen LogP contribution in [0.3, 0.4) is 0 Å². The number of hydrogen-bond acceptors (Lipinski definition) is 5. The Morgan fingerprint density at radius 3 is 2.63 bits per heavy atom. The molecule has 1 N–H and O–H groups in total. The van der Waals surface area contributed by atoms with Gasteiger partial charge in [-0.1, -0.05) is 36.4 Å². The summed E-state index contributed by atoms with van der Waals surface area (Å²) in [5.41, 5.74) is 2.18. The van der Waals surface area contributed by atoms with Crippen molar-refractivity contribution in [1.29, 1.82) is 0 Å². The van der Waals surface area contributed by atoms with Crippen molar-refractivity contribution < 1.29 is 9.21 Å². The fourth-order valence-corrected chi connectivity index (χ4v) is 2.75. The Kier molecular flexibility index (Phi) is 4.49. The lowest BCUT2D eigenvalue weighted by Crippen LogP contribution is -2.24. The van der Waals surface area contributed by atoms with Crippen LogP contribution in [0.25, 0.3) is 11.0 Å². The highest BCUT2D eigenvalue weighted by molar-refractivity contribution is 5.93. The summed E-state index contributed by atoms with van der Waals surface area (Å²) in [4.78, 5) is 28.3. The number of nitrogens with one attached hydrogen (secondary N) is 1. The number of hydrogen-bond donors (Lipinski definition) is 1. The van der Waals surface area contributed by atoms with Crippen molar-refractivity contribution in [3.63, 3.8) is 0 Å². The van der Waals surface area contributed by atoms with Crippen molar-refractivity contribution >= 4 is 16.9 Å². The average molecular weight is 360 g/mol. The summed E-state index contributed by atoms with van der Waals surface area (Å²) in [7, 11) is 0. The van der Waals surface area contributed by atoms with E-state index in [0.29, 0.717) is 24.1 Å². The molecule has 7 heteroatoms. The standard InChI is InChI=1S/C20H16N4O3/c25-17-9-19(27-18-4-2-1-3-16(17)18)20(26)22-10-14-5-7-15(8-6-14)11-24-13-21-12-23-24/h1-9,12-13H,10-11H2,(H,22,26). The Hall–Kier alpha value is -3.74. The zero-order valence-corrected chi connectivity index (χ0v) is 14.3. The van der Waals surface area contributed by atoms with Crippen molar-refractivity contribution in [2.75, 3.05) is 0 Å². The fraction of sp³-hybridized carbons (Fsp3) is 0.100. The van der Waals surface area contributed by atoms with Gasteiger partial charge in [-0.2, -0.15) is 5.10 Å². The second kappa shape index (κ2) is 7.25. The van der Waals surface area contributed by atoms with Gasteiger partial charge in [0.25, 0.3) is 5.91 Å². The zero-order valence-electron chi connectivity index (χ0n) is 14.3. The highest BCUT2D eigenvalue weighted by atomic mass is 16.3. The molecule has 0 aliphatic carbocycles. The van der Waals surface area contributed by atoms with Gasteiger partial charge in [0, 0.05) is 12.6 Å². The Morgan fingerprint density at radius 1 is 1.07 bits per heavy atom. The summed E-state index contributed by atoms with van der Waals surface area (Å²) in [5, 5.41) is 7.30. The van der Waals surface area contributed by atoms with Gasteiger partial charge in [-0.15, -0.1) is 0 Å².